The molecule has 0 heterocycles. The first-order chi connectivity index (χ1) is 3.63. The van der Waals surface area contributed by atoms with Crippen LogP contribution in [0.2, 0.25) is 0 Å². The third kappa shape index (κ3) is 5.36. The van der Waals surface area contributed by atoms with Gasteiger partial charge in [0.25, 0.3) is 5.24 Å². The molecule has 0 saturated heterocycles. The fourth-order valence-corrected chi connectivity index (χ4v) is 0.216. The van der Waals surface area contributed by atoms with Crippen LogP contribution < -0.4 is 10.9 Å². The summed E-state index contributed by atoms with van der Waals surface area (Å²) < 4.78 is 0. The predicted molar refractivity (Wildman–Crippen MR) is 35.5 cm³/mol. The summed E-state index contributed by atoms with van der Waals surface area (Å²) in [6, 6.07) is 0. The molecule has 0 aromatic rings. The van der Waals surface area contributed by atoms with Crippen molar-refractivity contribution >= 4 is 17.9 Å². The first-order valence-corrected chi connectivity index (χ1v) is 2.48. The zero-order valence-electron chi connectivity index (χ0n) is 4.56. The monoisotopic (exact) mass is 132 g/mol. The molecule has 8 heavy (non-hydrogen) atoms. The van der Waals surface area contributed by atoms with Gasteiger partial charge < -0.3 is 5.43 Å². The van der Waals surface area contributed by atoms with Gasteiger partial charge in [0.15, 0.2) is 0 Å². The lowest BCUT2D eigenvalue weighted by Gasteiger charge is -2.01. The van der Waals surface area contributed by atoms with Crippen LogP contribution in [0.5, 0.6) is 0 Å². The van der Waals surface area contributed by atoms with E-state index in [1.54, 1.807) is 6.92 Å². The molecule has 0 atom stereocenters. The molecule has 0 saturated carbocycles. The van der Waals surface area contributed by atoms with Crippen molar-refractivity contribution in [1.82, 2.24) is 10.9 Å². The topological polar surface area (TPSA) is 41.1 Å². The average Bonchev–Trinajstić information content (AvgIpc) is 1.61. The molecule has 46 valence electrons. The van der Waals surface area contributed by atoms with Crippen LogP contribution in [0.1, 0.15) is 6.92 Å². The Labute approximate surface area is 53.5 Å². The van der Waals surface area contributed by atoms with Crippen molar-refractivity contribution in [3.05, 3.63) is 12.3 Å². The Morgan fingerprint density at radius 2 is 2.12 bits per heavy atom. The second-order valence-corrected chi connectivity index (χ2v) is 1.74. The van der Waals surface area contributed by atoms with E-state index in [0.717, 1.165) is 0 Å². The van der Waals surface area contributed by atoms with E-state index in [1.807, 2.05) is 0 Å². The van der Waals surface area contributed by atoms with Gasteiger partial charge in [-0.3, -0.25) is 10.2 Å². The highest BCUT2D eigenvalue weighted by Gasteiger charge is 1.85. The molecule has 0 radical (unpaired) electrons. The molecular formula is C4H8N2OS. The quantitative estimate of drug-likeness (QED) is 0.381. The van der Waals surface area contributed by atoms with Crippen LogP contribution in [0.15, 0.2) is 12.3 Å². The van der Waals surface area contributed by atoms with Crippen molar-refractivity contribution < 1.29 is 4.79 Å². The van der Waals surface area contributed by atoms with Crippen LogP contribution in [0.25, 0.3) is 0 Å². The molecular weight excluding hydrogens is 124 g/mol. The van der Waals surface area contributed by atoms with Crippen molar-refractivity contribution in [3.8, 4) is 0 Å². The van der Waals surface area contributed by atoms with Crippen LogP contribution >= 0.6 is 12.6 Å². The lowest BCUT2D eigenvalue weighted by Crippen LogP contribution is -2.31. The molecule has 0 fully saturated rings. The van der Waals surface area contributed by atoms with Crippen molar-refractivity contribution in [2.45, 2.75) is 6.92 Å². The summed E-state index contributed by atoms with van der Waals surface area (Å²) in [6.45, 7) is 5.19. The van der Waals surface area contributed by atoms with Crippen molar-refractivity contribution in [3.63, 3.8) is 0 Å². The molecule has 3 nitrogen and oxygen atoms in total. The van der Waals surface area contributed by atoms with Gasteiger partial charge in [-0.1, -0.05) is 19.2 Å². The Balaban J connectivity index is 3.18. The number of carbonyl (C=O) groups excluding carboxylic acids is 1. The molecule has 0 bridgehead atoms. The molecule has 0 aromatic heterocycles. The van der Waals surface area contributed by atoms with E-state index in [-0.39, 0.29) is 0 Å². The number of thiol groups is 1. The van der Waals surface area contributed by atoms with Gasteiger partial charge in [-0.2, -0.15) is 0 Å². The van der Waals surface area contributed by atoms with Crippen molar-refractivity contribution in [2.24, 2.45) is 0 Å². The molecule has 0 unspecified atom stereocenters. The van der Waals surface area contributed by atoms with E-state index >= 15 is 0 Å². The Hall–Kier alpha value is -0.640. The highest BCUT2D eigenvalue weighted by atomic mass is 32.1. The van der Waals surface area contributed by atoms with Gasteiger partial charge in [-0.15, -0.1) is 0 Å². The van der Waals surface area contributed by atoms with Gasteiger partial charge in [0, 0.05) is 5.70 Å². The fraction of sp³-hybridized carbons (Fsp3) is 0.250. The Bertz CT molecular complexity index is 98.6. The van der Waals surface area contributed by atoms with E-state index < -0.39 is 5.24 Å². The Kier molecular flexibility index (Phi) is 3.10. The van der Waals surface area contributed by atoms with Gasteiger partial charge in [-0.25, -0.2) is 0 Å². The molecule has 0 spiro atoms. The van der Waals surface area contributed by atoms with Crippen LogP contribution in [0, 0.1) is 0 Å². The van der Waals surface area contributed by atoms with Crippen LogP contribution in [-0.4, -0.2) is 5.24 Å². The van der Waals surface area contributed by atoms with Gasteiger partial charge in [0.05, 0.1) is 0 Å². The van der Waals surface area contributed by atoms with Crippen LogP contribution in [0.4, 0.5) is 4.79 Å². The van der Waals surface area contributed by atoms with E-state index in [1.165, 1.54) is 0 Å². The highest BCUT2D eigenvalue weighted by molar-refractivity contribution is 7.96. The minimum Gasteiger partial charge on any atom is -0.303 e. The maximum absolute atomic E-state index is 10.00. The fourth-order valence-electron chi connectivity index (χ4n) is 0.160. The number of amides is 1. The van der Waals surface area contributed by atoms with E-state index in [9.17, 15) is 4.79 Å². The lowest BCUT2D eigenvalue weighted by atomic mass is 10.6. The molecule has 1 amide bonds. The van der Waals surface area contributed by atoms with Crippen LogP contribution in [0.3, 0.4) is 0 Å². The summed E-state index contributed by atoms with van der Waals surface area (Å²) in [7, 11) is 0. The number of nitrogens with one attached hydrogen (secondary N) is 2. The lowest BCUT2D eigenvalue weighted by molar-refractivity contribution is 0.258. The molecule has 0 aliphatic rings. The first-order valence-electron chi connectivity index (χ1n) is 2.03. The molecule has 0 rings (SSSR count). The number of hydrazine groups is 1. The zero-order valence-corrected chi connectivity index (χ0v) is 5.46. The SMILES string of the molecule is C=C(C)NNC(=O)S. The van der Waals surface area contributed by atoms with Gasteiger partial charge in [0.1, 0.15) is 0 Å². The number of allylic oxidation sites excluding steroid dienone is 1. The minimum absolute atomic E-state index is 0.423. The Morgan fingerprint density at radius 3 is 2.25 bits per heavy atom. The smallest absolute Gasteiger partial charge is 0.294 e. The van der Waals surface area contributed by atoms with Gasteiger partial charge in [-0.05, 0) is 6.92 Å². The minimum atomic E-state index is -0.423. The molecule has 0 aliphatic heterocycles. The largest absolute Gasteiger partial charge is 0.303 e. The Morgan fingerprint density at radius 1 is 1.62 bits per heavy atom. The standard InChI is InChI=1S/C4H8N2OS/c1-3(2)5-6-4(7)8/h5H,1H2,2H3,(H2,6,7,8). The summed E-state index contributed by atoms with van der Waals surface area (Å²) in [5.74, 6) is 0. The molecule has 4 heteroatoms. The first kappa shape index (κ1) is 7.36. The zero-order chi connectivity index (χ0) is 6.57. The molecule has 0 aromatic carbocycles. The van der Waals surface area contributed by atoms with Crippen molar-refractivity contribution in [1.29, 1.82) is 0 Å². The van der Waals surface area contributed by atoms with E-state index in [0.29, 0.717) is 5.70 Å². The number of rotatable bonds is 2. The summed E-state index contributed by atoms with van der Waals surface area (Å²) >= 11 is 3.42. The van der Waals surface area contributed by atoms with Gasteiger partial charge in [0.2, 0.25) is 0 Å². The summed E-state index contributed by atoms with van der Waals surface area (Å²) in [4.78, 5) is 10.00. The third-order valence-corrected chi connectivity index (χ3v) is 0.495. The van der Waals surface area contributed by atoms with Crippen LogP contribution in [-0.2, 0) is 0 Å². The predicted octanol–water partition coefficient (Wildman–Crippen LogP) is 0.664. The summed E-state index contributed by atoms with van der Waals surface area (Å²) in [5.41, 5.74) is 5.37. The normalized spacial score (nSPS) is 7.75. The molecule has 0 aliphatic carbocycles. The maximum atomic E-state index is 10.00. The summed E-state index contributed by atoms with van der Waals surface area (Å²) in [5, 5.41) is -0.423. The highest BCUT2D eigenvalue weighted by Crippen LogP contribution is 1.75. The van der Waals surface area contributed by atoms with Gasteiger partial charge >= 0.3 is 0 Å². The second-order valence-electron chi connectivity index (χ2n) is 1.34. The maximum Gasteiger partial charge on any atom is 0.294 e. The van der Waals surface area contributed by atoms with E-state index in [2.05, 4.69) is 30.1 Å². The second kappa shape index (κ2) is 3.37. The summed E-state index contributed by atoms with van der Waals surface area (Å²) in [6.07, 6.45) is 0. The number of carbonyl (C=O) groups is 1. The third-order valence-electron chi connectivity index (χ3n) is 0.383. The number of hydrogen-bond donors (Lipinski definition) is 3. The van der Waals surface area contributed by atoms with Crippen molar-refractivity contribution in [2.75, 3.05) is 0 Å². The molecule has 2 N–H and O–H groups in total. The average molecular weight is 132 g/mol. The van der Waals surface area contributed by atoms with E-state index in [4.69, 9.17) is 0 Å². The number of hydrogen-bond acceptors (Lipinski definition) is 2.